The highest BCUT2D eigenvalue weighted by Gasteiger charge is 2.31. The lowest BCUT2D eigenvalue weighted by atomic mass is 9.84. The van der Waals surface area contributed by atoms with E-state index in [1.807, 2.05) is 16.7 Å². The first-order valence-electron chi connectivity index (χ1n) is 14.4. The van der Waals surface area contributed by atoms with Crippen molar-refractivity contribution in [1.29, 1.82) is 0 Å². The number of hydrogen-bond acceptors (Lipinski definition) is 7. The van der Waals surface area contributed by atoms with Crippen molar-refractivity contribution < 1.29 is 14.6 Å². The fourth-order valence-electron chi connectivity index (χ4n) is 5.61. The molecule has 0 aliphatic carbocycles. The summed E-state index contributed by atoms with van der Waals surface area (Å²) in [6.07, 6.45) is 7.38. The van der Waals surface area contributed by atoms with Gasteiger partial charge in [0.2, 0.25) is 0 Å². The standard InChI is InChI=1S/C31H37N7O4/c1-5-31(2,3)13-19-10-26-30(41)38(9-8-37(26)14-19)28-23(16-39)22(6-7-32-28)20-11-25(29(40)36(4)15-20)33-27-12-24(34-35-27)21-17-42-18-21/h6-7,10-12,14-15,21,39H,5,8-9,13,16-18H2,1-4H3,(H2,33,34,35). The molecule has 2 aliphatic heterocycles. The minimum absolute atomic E-state index is 0.143. The van der Waals surface area contributed by atoms with Crippen molar-refractivity contribution in [1.82, 2.24) is 24.3 Å². The van der Waals surface area contributed by atoms with Crippen molar-refractivity contribution in [2.75, 3.05) is 30.0 Å². The Bertz CT molecular complexity index is 1700. The number of aliphatic hydroxyl groups excluding tert-OH is 1. The van der Waals surface area contributed by atoms with E-state index in [2.05, 4.69) is 47.5 Å². The monoisotopic (exact) mass is 571 g/mol. The first kappa shape index (κ1) is 27.9. The van der Waals surface area contributed by atoms with Gasteiger partial charge in [-0.2, -0.15) is 5.10 Å². The van der Waals surface area contributed by atoms with Crippen LogP contribution >= 0.6 is 0 Å². The molecule has 0 unspecified atom stereocenters. The van der Waals surface area contributed by atoms with Crippen LogP contribution in [-0.2, 0) is 31.4 Å². The number of nitrogens with one attached hydrogen (secondary N) is 2. The number of ether oxygens (including phenoxy) is 1. The van der Waals surface area contributed by atoms with Crippen molar-refractivity contribution in [2.45, 2.75) is 52.7 Å². The van der Waals surface area contributed by atoms with Crippen molar-refractivity contribution in [3.63, 3.8) is 0 Å². The van der Waals surface area contributed by atoms with Crippen molar-refractivity contribution in [2.24, 2.45) is 12.5 Å². The van der Waals surface area contributed by atoms with E-state index in [0.717, 1.165) is 24.1 Å². The average Bonchev–Trinajstić information content (AvgIpc) is 3.56. The zero-order chi connectivity index (χ0) is 29.6. The van der Waals surface area contributed by atoms with Gasteiger partial charge < -0.3 is 24.3 Å². The molecule has 1 fully saturated rings. The molecule has 0 bridgehead atoms. The number of rotatable bonds is 9. The lowest BCUT2D eigenvalue weighted by Gasteiger charge is -2.29. The number of carbonyl (C=O) groups is 1. The van der Waals surface area contributed by atoms with Crippen LogP contribution < -0.4 is 15.8 Å². The molecular weight excluding hydrogens is 534 g/mol. The van der Waals surface area contributed by atoms with Crippen LogP contribution in [0, 0.1) is 5.41 Å². The smallest absolute Gasteiger partial charge is 0.276 e. The Morgan fingerprint density at radius 1 is 1.17 bits per heavy atom. The van der Waals surface area contributed by atoms with E-state index in [1.165, 1.54) is 4.57 Å². The van der Waals surface area contributed by atoms with Gasteiger partial charge in [0.25, 0.3) is 11.5 Å². The second-order valence-corrected chi connectivity index (χ2v) is 12.0. The summed E-state index contributed by atoms with van der Waals surface area (Å²) in [7, 11) is 1.68. The minimum atomic E-state index is -0.322. The van der Waals surface area contributed by atoms with Crippen molar-refractivity contribution in [3.8, 4) is 11.1 Å². The molecule has 0 radical (unpaired) electrons. The molecule has 11 heteroatoms. The van der Waals surface area contributed by atoms with Crippen LogP contribution in [0.3, 0.4) is 0 Å². The number of fused-ring (bicyclic) bond motifs is 1. The summed E-state index contributed by atoms with van der Waals surface area (Å²) in [5.74, 6) is 1.09. The first-order valence-corrected chi connectivity index (χ1v) is 14.4. The molecule has 42 heavy (non-hydrogen) atoms. The summed E-state index contributed by atoms with van der Waals surface area (Å²) in [4.78, 5) is 33.0. The van der Waals surface area contributed by atoms with E-state index < -0.39 is 0 Å². The van der Waals surface area contributed by atoms with Crippen LogP contribution in [0.15, 0.2) is 47.7 Å². The Morgan fingerprint density at radius 3 is 2.69 bits per heavy atom. The molecule has 220 valence electrons. The van der Waals surface area contributed by atoms with Gasteiger partial charge in [-0.25, -0.2) is 4.98 Å². The van der Waals surface area contributed by atoms with Crippen LogP contribution in [-0.4, -0.2) is 55.1 Å². The summed E-state index contributed by atoms with van der Waals surface area (Å²) in [5, 5.41) is 21.0. The molecule has 0 atom stereocenters. The van der Waals surface area contributed by atoms with Crippen LogP contribution in [0.5, 0.6) is 0 Å². The predicted octanol–water partition coefficient (Wildman–Crippen LogP) is 3.96. The molecule has 2 aliphatic rings. The molecule has 0 spiro atoms. The second kappa shape index (κ2) is 10.9. The van der Waals surface area contributed by atoms with Crippen molar-refractivity contribution >= 4 is 23.2 Å². The highest BCUT2D eigenvalue weighted by Crippen LogP contribution is 2.34. The van der Waals surface area contributed by atoms with Crippen molar-refractivity contribution in [3.05, 3.63) is 75.7 Å². The van der Waals surface area contributed by atoms with E-state index >= 15 is 0 Å². The second-order valence-electron chi connectivity index (χ2n) is 12.0. The molecule has 11 nitrogen and oxygen atoms in total. The summed E-state index contributed by atoms with van der Waals surface area (Å²) >= 11 is 0. The number of hydrogen-bond donors (Lipinski definition) is 3. The van der Waals surface area contributed by atoms with Crippen LogP contribution in [0.25, 0.3) is 11.1 Å². The maximum absolute atomic E-state index is 13.7. The molecule has 6 heterocycles. The molecule has 1 saturated heterocycles. The number of aromatic nitrogens is 5. The molecule has 1 amide bonds. The van der Waals surface area contributed by atoms with E-state index in [-0.39, 0.29) is 29.4 Å². The van der Waals surface area contributed by atoms with E-state index in [4.69, 9.17) is 4.74 Å². The Hall–Kier alpha value is -4.22. The van der Waals surface area contributed by atoms with E-state index in [9.17, 15) is 14.7 Å². The fourth-order valence-corrected chi connectivity index (χ4v) is 5.61. The van der Waals surface area contributed by atoms with E-state index in [1.54, 1.807) is 36.5 Å². The third kappa shape index (κ3) is 5.14. The van der Waals surface area contributed by atoms with E-state index in [0.29, 0.717) is 66.0 Å². The third-order valence-corrected chi connectivity index (χ3v) is 8.50. The van der Waals surface area contributed by atoms with Gasteiger partial charge >= 0.3 is 0 Å². The summed E-state index contributed by atoms with van der Waals surface area (Å²) in [6, 6.07) is 7.41. The normalized spacial score (nSPS) is 15.5. The maximum Gasteiger partial charge on any atom is 0.276 e. The van der Waals surface area contributed by atoms with Gasteiger partial charge in [-0.05, 0) is 41.2 Å². The van der Waals surface area contributed by atoms with Gasteiger partial charge in [0.15, 0.2) is 5.82 Å². The lowest BCUT2D eigenvalue weighted by molar-refractivity contribution is 0.00670. The highest BCUT2D eigenvalue weighted by molar-refractivity contribution is 6.06. The Morgan fingerprint density at radius 2 is 1.98 bits per heavy atom. The summed E-state index contributed by atoms with van der Waals surface area (Å²) < 4.78 is 8.78. The Balaban J connectivity index is 1.31. The zero-order valence-corrected chi connectivity index (χ0v) is 24.5. The van der Waals surface area contributed by atoms with Gasteiger partial charge in [-0.1, -0.05) is 27.2 Å². The number of amides is 1. The molecule has 0 aromatic carbocycles. The summed E-state index contributed by atoms with van der Waals surface area (Å²) in [5.41, 5.74) is 4.91. The molecule has 3 N–H and O–H groups in total. The number of H-pyrrole nitrogens is 1. The Labute approximate surface area is 244 Å². The average molecular weight is 572 g/mol. The van der Waals surface area contributed by atoms with Crippen LogP contribution in [0.1, 0.15) is 60.4 Å². The maximum atomic E-state index is 13.7. The molecule has 0 saturated carbocycles. The number of aromatic amines is 1. The predicted molar refractivity (Wildman–Crippen MR) is 160 cm³/mol. The third-order valence-electron chi connectivity index (χ3n) is 8.50. The largest absolute Gasteiger partial charge is 0.392 e. The quantitative estimate of drug-likeness (QED) is 0.277. The zero-order valence-electron chi connectivity index (χ0n) is 24.5. The topological polar surface area (TPSA) is 130 Å². The van der Waals surface area contributed by atoms with Gasteiger partial charge in [-0.3, -0.25) is 19.6 Å². The van der Waals surface area contributed by atoms with Gasteiger partial charge in [0.1, 0.15) is 17.2 Å². The van der Waals surface area contributed by atoms with Crippen LogP contribution in [0.4, 0.5) is 17.3 Å². The van der Waals surface area contributed by atoms with Gasteiger partial charge in [-0.15, -0.1) is 0 Å². The number of anilines is 3. The van der Waals surface area contributed by atoms with Crippen LogP contribution in [0.2, 0.25) is 0 Å². The fraction of sp³-hybridized carbons (Fsp3) is 0.419. The lowest BCUT2D eigenvalue weighted by Crippen LogP contribution is -2.41. The number of carbonyl (C=O) groups excluding carboxylic acids is 1. The number of pyridine rings is 2. The number of aliphatic hydroxyl groups is 1. The molecule has 4 aromatic heterocycles. The number of aryl methyl sites for hydroxylation is 1. The first-order chi connectivity index (χ1) is 20.2. The summed E-state index contributed by atoms with van der Waals surface area (Å²) in [6.45, 7) is 8.70. The number of nitrogens with zero attached hydrogens (tertiary/aromatic N) is 5. The molecule has 6 rings (SSSR count). The Kier molecular flexibility index (Phi) is 7.24. The molecular formula is C31H37N7O4. The highest BCUT2D eigenvalue weighted by atomic mass is 16.5. The SMILES string of the molecule is CCC(C)(C)Cc1cc2n(c1)CCN(c1nccc(-c3cc(Nc4cc(C5COC5)[nH]n4)c(=O)n(C)c3)c1CO)C2=O. The van der Waals surface area contributed by atoms with Gasteiger partial charge in [0.05, 0.1) is 19.8 Å². The minimum Gasteiger partial charge on any atom is -0.392 e. The molecule has 4 aromatic rings. The van der Waals surface area contributed by atoms with Gasteiger partial charge in [0, 0.05) is 67.5 Å².